The van der Waals surface area contributed by atoms with Crippen molar-refractivity contribution in [2.75, 3.05) is 0 Å². The van der Waals surface area contributed by atoms with Crippen LogP contribution in [0.4, 0.5) is 0 Å². The Balaban J connectivity index is 1.65. The molecule has 2 aromatic rings. The standard InChI is InChI=1S/C18H22N2O2/c1-13-4-3-5-14(10-13)17-19-11-16(12-20-17)22-15-6-8-18(2,21)9-7-15/h3-5,10-12,15,21H,6-9H2,1-2H3. The molecule has 1 aromatic carbocycles. The number of aromatic nitrogens is 2. The minimum Gasteiger partial charge on any atom is -0.487 e. The smallest absolute Gasteiger partial charge is 0.159 e. The van der Waals surface area contributed by atoms with E-state index in [1.807, 2.05) is 19.1 Å². The van der Waals surface area contributed by atoms with Crippen LogP contribution < -0.4 is 4.74 Å². The third-order valence-electron chi connectivity index (χ3n) is 4.22. The summed E-state index contributed by atoms with van der Waals surface area (Å²) in [6.07, 6.45) is 6.90. The molecular formula is C18H22N2O2. The van der Waals surface area contributed by atoms with Gasteiger partial charge in [-0.15, -0.1) is 0 Å². The fourth-order valence-electron chi connectivity index (χ4n) is 2.83. The first-order valence-corrected chi connectivity index (χ1v) is 7.80. The van der Waals surface area contributed by atoms with Crippen LogP contribution in [0.3, 0.4) is 0 Å². The van der Waals surface area contributed by atoms with Gasteiger partial charge in [0.1, 0.15) is 0 Å². The first-order chi connectivity index (χ1) is 10.5. The van der Waals surface area contributed by atoms with Crippen LogP contribution in [0.2, 0.25) is 0 Å². The van der Waals surface area contributed by atoms with Crippen molar-refractivity contribution in [3.05, 3.63) is 42.2 Å². The van der Waals surface area contributed by atoms with E-state index in [1.165, 1.54) is 5.56 Å². The number of hydrogen-bond acceptors (Lipinski definition) is 4. The lowest BCUT2D eigenvalue weighted by Crippen LogP contribution is -2.34. The Morgan fingerprint density at radius 2 is 1.86 bits per heavy atom. The minimum absolute atomic E-state index is 0.147. The highest BCUT2D eigenvalue weighted by atomic mass is 16.5. The fourth-order valence-corrected chi connectivity index (χ4v) is 2.83. The van der Waals surface area contributed by atoms with E-state index in [0.717, 1.165) is 31.2 Å². The predicted molar refractivity (Wildman–Crippen MR) is 85.7 cm³/mol. The predicted octanol–water partition coefficient (Wildman–Crippen LogP) is 3.52. The number of benzene rings is 1. The van der Waals surface area contributed by atoms with E-state index in [4.69, 9.17) is 4.74 Å². The molecule has 4 nitrogen and oxygen atoms in total. The minimum atomic E-state index is -0.536. The molecule has 1 heterocycles. The highest BCUT2D eigenvalue weighted by Crippen LogP contribution is 2.30. The fraction of sp³-hybridized carbons (Fsp3) is 0.444. The molecule has 116 valence electrons. The normalized spacial score (nSPS) is 25.0. The largest absolute Gasteiger partial charge is 0.487 e. The van der Waals surface area contributed by atoms with Gasteiger partial charge in [-0.05, 0) is 45.6 Å². The zero-order valence-corrected chi connectivity index (χ0v) is 13.1. The molecule has 1 N–H and O–H groups in total. The Morgan fingerprint density at radius 1 is 1.18 bits per heavy atom. The quantitative estimate of drug-likeness (QED) is 0.942. The molecule has 0 atom stereocenters. The van der Waals surface area contributed by atoms with Gasteiger partial charge in [0, 0.05) is 5.56 Å². The molecule has 0 unspecified atom stereocenters. The third kappa shape index (κ3) is 3.63. The Kier molecular flexibility index (Phi) is 4.12. The summed E-state index contributed by atoms with van der Waals surface area (Å²) in [4.78, 5) is 8.80. The molecule has 0 spiro atoms. The topological polar surface area (TPSA) is 55.2 Å². The van der Waals surface area contributed by atoms with Crippen LogP contribution in [-0.2, 0) is 0 Å². The van der Waals surface area contributed by atoms with Gasteiger partial charge in [0.15, 0.2) is 11.6 Å². The molecule has 0 amide bonds. The van der Waals surface area contributed by atoms with Crippen LogP contribution in [-0.4, -0.2) is 26.8 Å². The Labute approximate surface area is 131 Å². The number of aryl methyl sites for hydroxylation is 1. The summed E-state index contributed by atoms with van der Waals surface area (Å²) in [5.74, 6) is 1.41. The zero-order valence-electron chi connectivity index (χ0n) is 13.1. The number of aliphatic hydroxyl groups is 1. The first-order valence-electron chi connectivity index (χ1n) is 7.80. The molecule has 1 fully saturated rings. The molecule has 1 aliphatic carbocycles. The second kappa shape index (κ2) is 6.05. The van der Waals surface area contributed by atoms with Gasteiger partial charge < -0.3 is 9.84 Å². The SMILES string of the molecule is Cc1cccc(-c2ncc(OC3CCC(C)(O)CC3)cn2)c1. The van der Waals surface area contributed by atoms with Crippen molar-refractivity contribution in [1.29, 1.82) is 0 Å². The molecule has 22 heavy (non-hydrogen) atoms. The third-order valence-corrected chi connectivity index (χ3v) is 4.22. The average Bonchev–Trinajstić information content (AvgIpc) is 2.50. The lowest BCUT2D eigenvalue weighted by molar-refractivity contribution is -0.0109. The molecule has 0 saturated heterocycles. The van der Waals surface area contributed by atoms with Crippen LogP contribution in [0.5, 0.6) is 5.75 Å². The lowest BCUT2D eigenvalue weighted by Gasteiger charge is -2.32. The van der Waals surface area contributed by atoms with Gasteiger partial charge in [-0.2, -0.15) is 0 Å². The second-order valence-electron chi connectivity index (χ2n) is 6.43. The number of rotatable bonds is 3. The summed E-state index contributed by atoms with van der Waals surface area (Å²) >= 11 is 0. The van der Waals surface area contributed by atoms with E-state index >= 15 is 0 Å². The summed E-state index contributed by atoms with van der Waals surface area (Å²) in [5.41, 5.74) is 1.67. The number of nitrogens with zero attached hydrogens (tertiary/aromatic N) is 2. The Hall–Kier alpha value is -1.94. The lowest BCUT2D eigenvalue weighted by atomic mass is 9.85. The summed E-state index contributed by atoms with van der Waals surface area (Å²) in [5, 5.41) is 9.96. The number of hydrogen-bond donors (Lipinski definition) is 1. The summed E-state index contributed by atoms with van der Waals surface area (Å²) in [7, 11) is 0. The van der Waals surface area contributed by atoms with Gasteiger partial charge in [0.2, 0.25) is 0 Å². The molecule has 4 heteroatoms. The number of ether oxygens (including phenoxy) is 1. The van der Waals surface area contributed by atoms with Crippen LogP contribution >= 0.6 is 0 Å². The van der Waals surface area contributed by atoms with Gasteiger partial charge in [-0.3, -0.25) is 0 Å². The molecular weight excluding hydrogens is 276 g/mol. The average molecular weight is 298 g/mol. The first kappa shape index (κ1) is 15.0. The van der Waals surface area contributed by atoms with Crippen molar-refractivity contribution in [1.82, 2.24) is 9.97 Å². The Bertz CT molecular complexity index is 628. The maximum atomic E-state index is 9.96. The van der Waals surface area contributed by atoms with Crippen LogP contribution in [0.1, 0.15) is 38.2 Å². The highest BCUT2D eigenvalue weighted by molar-refractivity contribution is 5.55. The van der Waals surface area contributed by atoms with Crippen molar-refractivity contribution in [3.8, 4) is 17.1 Å². The molecule has 0 aliphatic heterocycles. The molecule has 3 rings (SSSR count). The van der Waals surface area contributed by atoms with Crippen molar-refractivity contribution in [2.45, 2.75) is 51.2 Å². The summed E-state index contributed by atoms with van der Waals surface area (Å²) in [6.45, 7) is 3.95. The van der Waals surface area contributed by atoms with E-state index in [1.54, 1.807) is 12.4 Å². The van der Waals surface area contributed by atoms with Gasteiger partial charge >= 0.3 is 0 Å². The summed E-state index contributed by atoms with van der Waals surface area (Å²) < 4.78 is 5.93. The van der Waals surface area contributed by atoms with E-state index in [0.29, 0.717) is 11.6 Å². The van der Waals surface area contributed by atoms with Crippen molar-refractivity contribution in [3.63, 3.8) is 0 Å². The van der Waals surface area contributed by atoms with E-state index in [-0.39, 0.29) is 6.10 Å². The molecule has 0 radical (unpaired) electrons. The van der Waals surface area contributed by atoms with Gasteiger partial charge in [0.25, 0.3) is 0 Å². The zero-order chi connectivity index (χ0) is 15.6. The monoisotopic (exact) mass is 298 g/mol. The van der Waals surface area contributed by atoms with Crippen LogP contribution in [0.15, 0.2) is 36.7 Å². The van der Waals surface area contributed by atoms with E-state index < -0.39 is 5.60 Å². The van der Waals surface area contributed by atoms with Crippen LogP contribution in [0.25, 0.3) is 11.4 Å². The van der Waals surface area contributed by atoms with Crippen LogP contribution in [0, 0.1) is 6.92 Å². The van der Waals surface area contributed by atoms with Gasteiger partial charge in [-0.25, -0.2) is 9.97 Å². The second-order valence-corrected chi connectivity index (χ2v) is 6.43. The van der Waals surface area contributed by atoms with E-state index in [2.05, 4.69) is 29.0 Å². The maximum Gasteiger partial charge on any atom is 0.159 e. The van der Waals surface area contributed by atoms with Gasteiger partial charge in [-0.1, -0.05) is 23.8 Å². The summed E-state index contributed by atoms with van der Waals surface area (Å²) in [6, 6.07) is 8.14. The highest BCUT2D eigenvalue weighted by Gasteiger charge is 2.29. The maximum absolute atomic E-state index is 9.96. The Morgan fingerprint density at radius 3 is 2.50 bits per heavy atom. The molecule has 1 saturated carbocycles. The molecule has 0 bridgehead atoms. The molecule has 1 aromatic heterocycles. The van der Waals surface area contributed by atoms with Crippen molar-refractivity contribution >= 4 is 0 Å². The molecule has 1 aliphatic rings. The van der Waals surface area contributed by atoms with E-state index in [9.17, 15) is 5.11 Å². The van der Waals surface area contributed by atoms with Gasteiger partial charge in [0.05, 0.1) is 24.1 Å². The van der Waals surface area contributed by atoms with Crippen molar-refractivity contribution < 1.29 is 9.84 Å². The van der Waals surface area contributed by atoms with Crippen molar-refractivity contribution in [2.24, 2.45) is 0 Å².